The molecular weight excluding hydrogens is 276 g/mol. The molecule has 0 amide bonds. The molecule has 2 rings (SSSR count). The number of nitrogens with one attached hydrogen (secondary N) is 2. The number of aromatic amines is 1. The van der Waals surface area contributed by atoms with Crippen LogP contribution in [0.25, 0.3) is 0 Å². The van der Waals surface area contributed by atoms with Gasteiger partial charge in [-0.3, -0.25) is 5.10 Å². The molecule has 0 aliphatic heterocycles. The number of H-pyrrole nitrogens is 1. The van der Waals surface area contributed by atoms with Crippen LogP contribution >= 0.6 is 0 Å². The lowest BCUT2D eigenvalue weighted by Gasteiger charge is -2.19. The summed E-state index contributed by atoms with van der Waals surface area (Å²) in [7, 11) is -3.49. The van der Waals surface area contributed by atoms with Gasteiger partial charge >= 0.3 is 0 Å². The third-order valence-corrected chi connectivity index (χ3v) is 5.54. The maximum absolute atomic E-state index is 12.7. The smallest absolute Gasteiger partial charge is 0.262 e. The average molecular weight is 300 g/mol. The number of sulfonamides is 1. The zero-order valence-corrected chi connectivity index (χ0v) is 13.4. The first-order valence-corrected chi connectivity index (χ1v) is 8.61. The third-order valence-electron chi connectivity index (χ3n) is 3.54. The number of hydrogen-bond acceptors (Lipinski definition) is 4. The van der Waals surface area contributed by atoms with Crippen molar-refractivity contribution in [1.29, 1.82) is 0 Å². The number of rotatable bonds is 7. The van der Waals surface area contributed by atoms with Crippen LogP contribution in [0.1, 0.15) is 44.9 Å². The minimum absolute atomic E-state index is 0.160. The van der Waals surface area contributed by atoms with Crippen molar-refractivity contribution in [1.82, 2.24) is 19.8 Å². The quantitative estimate of drug-likeness (QED) is 0.797. The highest BCUT2D eigenvalue weighted by Crippen LogP contribution is 2.32. The fourth-order valence-corrected chi connectivity index (χ4v) is 4.12. The number of hydrogen-bond donors (Lipinski definition) is 2. The Balaban J connectivity index is 2.31. The molecule has 20 heavy (non-hydrogen) atoms. The van der Waals surface area contributed by atoms with Crippen molar-refractivity contribution in [2.24, 2.45) is 0 Å². The van der Waals surface area contributed by atoms with Gasteiger partial charge in [-0.25, -0.2) is 8.42 Å². The Labute approximate surface area is 121 Å². The number of aromatic nitrogens is 2. The number of nitrogens with zero attached hydrogens (tertiary/aromatic N) is 2. The molecule has 0 unspecified atom stereocenters. The summed E-state index contributed by atoms with van der Waals surface area (Å²) in [6.45, 7) is 8.81. The molecule has 0 bridgehead atoms. The first kappa shape index (κ1) is 15.5. The molecule has 6 nitrogen and oxygen atoms in total. The highest BCUT2D eigenvalue weighted by Gasteiger charge is 2.39. The second-order valence-corrected chi connectivity index (χ2v) is 7.41. The van der Waals surface area contributed by atoms with Gasteiger partial charge in [0.1, 0.15) is 0 Å². The molecular formula is C13H24N4O2S. The molecule has 0 saturated heterocycles. The van der Waals surface area contributed by atoms with Gasteiger partial charge in [0.2, 0.25) is 0 Å². The highest BCUT2D eigenvalue weighted by molar-refractivity contribution is 7.89. The van der Waals surface area contributed by atoms with Crippen molar-refractivity contribution >= 4 is 10.0 Å². The third kappa shape index (κ3) is 3.05. The van der Waals surface area contributed by atoms with E-state index in [0.29, 0.717) is 19.1 Å². The highest BCUT2D eigenvalue weighted by atomic mass is 32.2. The van der Waals surface area contributed by atoms with Gasteiger partial charge in [-0.2, -0.15) is 9.40 Å². The lowest BCUT2D eigenvalue weighted by molar-refractivity contribution is 0.417. The molecule has 1 saturated carbocycles. The van der Waals surface area contributed by atoms with E-state index >= 15 is 0 Å². The molecule has 1 aliphatic carbocycles. The summed E-state index contributed by atoms with van der Waals surface area (Å²) in [6, 6.07) is 0.457. The van der Waals surface area contributed by atoms with Crippen molar-refractivity contribution in [3.8, 4) is 0 Å². The molecule has 0 atom stereocenters. The van der Waals surface area contributed by atoms with Gasteiger partial charge in [-0.15, -0.1) is 0 Å². The average Bonchev–Trinajstić information content (AvgIpc) is 3.10. The van der Waals surface area contributed by atoms with Gasteiger partial charge in [-0.1, -0.05) is 20.8 Å². The maximum Gasteiger partial charge on any atom is 0.262 e. The van der Waals surface area contributed by atoms with Crippen LogP contribution in [-0.4, -0.2) is 41.5 Å². The zero-order valence-electron chi connectivity index (χ0n) is 12.6. The van der Waals surface area contributed by atoms with Gasteiger partial charge in [0, 0.05) is 36.4 Å². The van der Waals surface area contributed by atoms with Crippen molar-refractivity contribution in [3.63, 3.8) is 0 Å². The fourth-order valence-electron chi connectivity index (χ4n) is 2.26. The van der Waals surface area contributed by atoms with Crippen LogP contribution in [0.15, 0.2) is 5.03 Å². The predicted molar refractivity (Wildman–Crippen MR) is 77.9 cm³/mol. The minimum atomic E-state index is -3.49. The molecule has 1 aromatic heterocycles. The maximum atomic E-state index is 12.7. The predicted octanol–water partition coefficient (Wildman–Crippen LogP) is 1.39. The molecule has 1 aromatic rings. The van der Waals surface area contributed by atoms with Crippen LogP contribution in [0.5, 0.6) is 0 Å². The lowest BCUT2D eigenvalue weighted by Crippen LogP contribution is -2.34. The molecule has 1 heterocycles. The van der Waals surface area contributed by atoms with Crippen molar-refractivity contribution in [3.05, 3.63) is 11.3 Å². The standard InChI is InChI=1S/C13H24N4O2S/c1-5-17(11-6-7-11)20(18,19)13-12(8-14-9(2)3)10(4)15-16-13/h9,11,14H,5-8H2,1-4H3,(H,15,16). The fraction of sp³-hybridized carbons (Fsp3) is 0.769. The Morgan fingerprint density at radius 1 is 1.45 bits per heavy atom. The van der Waals surface area contributed by atoms with E-state index in [1.807, 2.05) is 27.7 Å². The summed E-state index contributed by atoms with van der Waals surface area (Å²) in [5.41, 5.74) is 1.56. The van der Waals surface area contributed by atoms with E-state index in [9.17, 15) is 8.42 Å². The molecule has 0 spiro atoms. The Morgan fingerprint density at radius 3 is 2.60 bits per heavy atom. The van der Waals surface area contributed by atoms with Crippen molar-refractivity contribution in [2.45, 2.75) is 64.2 Å². The van der Waals surface area contributed by atoms with Crippen LogP contribution in [-0.2, 0) is 16.6 Å². The van der Waals surface area contributed by atoms with E-state index in [-0.39, 0.29) is 11.1 Å². The van der Waals surface area contributed by atoms with E-state index in [0.717, 1.165) is 24.1 Å². The van der Waals surface area contributed by atoms with E-state index in [4.69, 9.17) is 0 Å². The largest absolute Gasteiger partial charge is 0.310 e. The Kier molecular flexibility index (Phi) is 4.51. The molecule has 1 aliphatic rings. The molecule has 1 fully saturated rings. The number of aryl methyl sites for hydroxylation is 1. The lowest BCUT2D eigenvalue weighted by atomic mass is 10.2. The summed E-state index contributed by atoms with van der Waals surface area (Å²) >= 11 is 0. The van der Waals surface area contributed by atoms with Gasteiger partial charge in [0.05, 0.1) is 0 Å². The summed E-state index contributed by atoms with van der Waals surface area (Å²) in [6.07, 6.45) is 1.91. The molecule has 2 N–H and O–H groups in total. The first-order valence-electron chi connectivity index (χ1n) is 7.17. The Hall–Kier alpha value is -0.920. The van der Waals surface area contributed by atoms with Crippen LogP contribution in [0, 0.1) is 6.92 Å². The molecule has 0 radical (unpaired) electrons. The van der Waals surface area contributed by atoms with Crippen LogP contribution in [0.4, 0.5) is 0 Å². The monoisotopic (exact) mass is 300 g/mol. The Bertz CT molecular complexity index is 561. The topological polar surface area (TPSA) is 78.1 Å². The van der Waals surface area contributed by atoms with E-state index in [1.165, 1.54) is 0 Å². The van der Waals surface area contributed by atoms with E-state index in [1.54, 1.807) is 4.31 Å². The first-order chi connectivity index (χ1) is 9.37. The molecule has 114 valence electrons. The van der Waals surface area contributed by atoms with Crippen LogP contribution < -0.4 is 5.32 Å². The Morgan fingerprint density at radius 2 is 2.10 bits per heavy atom. The van der Waals surface area contributed by atoms with Crippen molar-refractivity contribution in [2.75, 3.05) is 6.54 Å². The molecule has 0 aromatic carbocycles. The summed E-state index contributed by atoms with van der Waals surface area (Å²) in [5.74, 6) is 0. The van der Waals surface area contributed by atoms with Gasteiger partial charge in [-0.05, 0) is 19.8 Å². The summed E-state index contributed by atoms with van der Waals surface area (Å²) in [4.78, 5) is 0. The van der Waals surface area contributed by atoms with E-state index < -0.39 is 10.0 Å². The second kappa shape index (κ2) is 5.83. The van der Waals surface area contributed by atoms with Crippen LogP contribution in [0.3, 0.4) is 0 Å². The van der Waals surface area contributed by atoms with Crippen LogP contribution in [0.2, 0.25) is 0 Å². The van der Waals surface area contributed by atoms with Crippen molar-refractivity contribution < 1.29 is 8.42 Å². The van der Waals surface area contributed by atoms with Gasteiger partial charge in [0.15, 0.2) is 5.03 Å². The van der Waals surface area contributed by atoms with Gasteiger partial charge in [0.25, 0.3) is 10.0 Å². The summed E-state index contributed by atoms with van der Waals surface area (Å²) < 4.78 is 27.0. The van der Waals surface area contributed by atoms with E-state index in [2.05, 4.69) is 15.5 Å². The minimum Gasteiger partial charge on any atom is -0.310 e. The zero-order chi connectivity index (χ0) is 14.9. The van der Waals surface area contributed by atoms with Gasteiger partial charge < -0.3 is 5.32 Å². The summed E-state index contributed by atoms with van der Waals surface area (Å²) in [5, 5.41) is 10.3. The molecule has 7 heteroatoms. The normalized spacial score (nSPS) is 16.3. The second-order valence-electron chi connectivity index (χ2n) is 5.61. The SMILES string of the molecule is CCN(C1CC1)S(=O)(=O)c1n[nH]c(C)c1CNC(C)C.